The van der Waals surface area contributed by atoms with Gasteiger partial charge in [0, 0.05) is 25.2 Å². The zero-order valence-corrected chi connectivity index (χ0v) is 29.2. The van der Waals surface area contributed by atoms with E-state index in [-0.39, 0.29) is 45.6 Å². The monoisotopic (exact) mass is 641 g/mol. The summed E-state index contributed by atoms with van der Waals surface area (Å²) in [4.78, 5) is 69.6. The summed E-state index contributed by atoms with van der Waals surface area (Å²) in [5, 5.41) is 9.94. The standard InChI is InChI=1S/C32H55N3O10/c1-29(2,3)42-25(38)18-33-15-20(13-22(33)27(40)44-31(7,8)9)35(17-24(36)37)21-14-23(28(41)45-32(10,11)12)34(16-21)19-26(39)43-30(4,5)6/h20-23H,13-19H2,1-12H3,(H,36,37)/t20-,21+,22-,23+. The summed E-state index contributed by atoms with van der Waals surface area (Å²) in [7, 11) is 0. The van der Waals surface area contributed by atoms with Crippen LogP contribution in [0.3, 0.4) is 0 Å². The molecule has 0 aromatic carbocycles. The van der Waals surface area contributed by atoms with Crippen LogP contribution in [0, 0.1) is 0 Å². The highest BCUT2D eigenvalue weighted by Gasteiger charge is 2.48. The number of carbonyl (C=O) groups excluding carboxylic acids is 4. The van der Waals surface area contributed by atoms with Gasteiger partial charge in [-0.2, -0.15) is 0 Å². The van der Waals surface area contributed by atoms with Crippen LogP contribution in [-0.4, -0.2) is 129 Å². The number of hydrogen-bond donors (Lipinski definition) is 1. The molecule has 2 fully saturated rings. The number of esters is 4. The van der Waals surface area contributed by atoms with Crippen LogP contribution in [0.2, 0.25) is 0 Å². The molecule has 2 saturated heterocycles. The quantitative estimate of drug-likeness (QED) is 0.275. The van der Waals surface area contributed by atoms with Gasteiger partial charge in [-0.1, -0.05) is 0 Å². The molecule has 0 aromatic heterocycles. The number of carbonyl (C=O) groups is 5. The maximum Gasteiger partial charge on any atom is 0.323 e. The van der Waals surface area contributed by atoms with Crippen LogP contribution < -0.4 is 0 Å². The van der Waals surface area contributed by atoms with Crippen LogP contribution in [0.25, 0.3) is 0 Å². The van der Waals surface area contributed by atoms with E-state index in [9.17, 15) is 29.1 Å². The van der Waals surface area contributed by atoms with Gasteiger partial charge in [-0.25, -0.2) is 0 Å². The van der Waals surface area contributed by atoms with E-state index in [1.165, 1.54) is 0 Å². The number of rotatable bonds is 10. The number of likely N-dealkylation sites (tertiary alicyclic amines) is 2. The molecule has 0 radical (unpaired) electrons. The Kier molecular flexibility index (Phi) is 12.2. The first kappa shape index (κ1) is 38.4. The van der Waals surface area contributed by atoms with Gasteiger partial charge in [0.1, 0.15) is 34.5 Å². The molecule has 2 aliphatic heterocycles. The Bertz CT molecular complexity index is 1020. The lowest BCUT2D eigenvalue weighted by Crippen LogP contribution is -2.49. The van der Waals surface area contributed by atoms with Crippen molar-refractivity contribution < 1.29 is 48.0 Å². The maximum absolute atomic E-state index is 13.3. The summed E-state index contributed by atoms with van der Waals surface area (Å²) in [6.45, 7) is 20.6. The molecule has 45 heavy (non-hydrogen) atoms. The van der Waals surface area contributed by atoms with Crippen molar-refractivity contribution in [3.8, 4) is 0 Å². The van der Waals surface area contributed by atoms with E-state index in [1.807, 2.05) is 0 Å². The molecule has 2 rings (SSSR count). The number of nitrogens with zero attached hydrogens (tertiary/aromatic N) is 3. The Morgan fingerprint density at radius 3 is 1.18 bits per heavy atom. The zero-order chi connectivity index (χ0) is 34.7. The van der Waals surface area contributed by atoms with E-state index in [0.717, 1.165) is 0 Å². The summed E-state index contributed by atoms with van der Waals surface area (Å²) in [5.41, 5.74) is -3.01. The van der Waals surface area contributed by atoms with Crippen molar-refractivity contribution in [2.75, 3.05) is 32.7 Å². The minimum Gasteiger partial charge on any atom is -0.480 e. The van der Waals surface area contributed by atoms with Crippen LogP contribution in [0.1, 0.15) is 95.9 Å². The van der Waals surface area contributed by atoms with Crippen LogP contribution in [-0.2, 0) is 42.9 Å². The van der Waals surface area contributed by atoms with Gasteiger partial charge in [-0.05, 0) is 95.9 Å². The molecule has 0 aliphatic carbocycles. The SMILES string of the molecule is CC(C)(C)OC(=O)CN1C[C@H](N(CC(=O)O)[C@H]2C[C@@H](C(=O)OC(C)(C)C)N(CC(=O)OC(C)(C)C)C2)C[C@@H]1C(=O)OC(C)(C)C. The van der Waals surface area contributed by atoms with Crippen molar-refractivity contribution in [3.63, 3.8) is 0 Å². The Balaban J connectivity index is 2.41. The third-order valence-corrected chi connectivity index (χ3v) is 6.88. The number of ether oxygens (including phenoxy) is 4. The molecule has 0 aromatic rings. The second kappa shape index (κ2) is 14.3. The highest BCUT2D eigenvalue weighted by molar-refractivity contribution is 5.80. The summed E-state index contributed by atoms with van der Waals surface area (Å²) >= 11 is 0. The van der Waals surface area contributed by atoms with Crippen LogP contribution in [0.15, 0.2) is 0 Å². The van der Waals surface area contributed by atoms with Gasteiger partial charge in [0.15, 0.2) is 0 Å². The predicted molar refractivity (Wildman–Crippen MR) is 165 cm³/mol. The lowest BCUT2D eigenvalue weighted by molar-refractivity contribution is -0.165. The lowest BCUT2D eigenvalue weighted by atomic mass is 10.1. The van der Waals surface area contributed by atoms with Crippen molar-refractivity contribution in [3.05, 3.63) is 0 Å². The Morgan fingerprint density at radius 1 is 0.600 bits per heavy atom. The van der Waals surface area contributed by atoms with Crippen molar-refractivity contribution in [2.24, 2.45) is 0 Å². The fraction of sp³-hybridized carbons (Fsp3) is 0.844. The van der Waals surface area contributed by atoms with Gasteiger partial charge in [-0.15, -0.1) is 0 Å². The molecular weight excluding hydrogens is 586 g/mol. The molecule has 13 heteroatoms. The first-order valence-corrected chi connectivity index (χ1v) is 15.6. The van der Waals surface area contributed by atoms with E-state index in [4.69, 9.17) is 18.9 Å². The van der Waals surface area contributed by atoms with Crippen molar-refractivity contribution in [1.82, 2.24) is 14.7 Å². The Hall–Kier alpha value is -2.77. The summed E-state index contributed by atoms with van der Waals surface area (Å²) in [5.74, 6) is -3.16. The summed E-state index contributed by atoms with van der Waals surface area (Å²) in [6, 6.07) is -2.60. The number of carboxylic acid groups (broad SMARTS) is 1. The van der Waals surface area contributed by atoms with Crippen LogP contribution in [0.5, 0.6) is 0 Å². The minimum absolute atomic E-state index is 0.186. The normalized spacial score (nSPS) is 23.6. The predicted octanol–water partition coefficient (Wildman–Crippen LogP) is 2.63. The number of carboxylic acids is 1. The van der Waals surface area contributed by atoms with E-state index in [1.54, 1.807) is 97.8 Å². The average Bonchev–Trinajstić information content (AvgIpc) is 3.36. The highest BCUT2D eigenvalue weighted by Crippen LogP contribution is 2.32. The lowest BCUT2D eigenvalue weighted by Gasteiger charge is -2.33. The Labute approximate surface area is 267 Å². The smallest absolute Gasteiger partial charge is 0.323 e. The van der Waals surface area contributed by atoms with E-state index in [0.29, 0.717) is 0 Å². The van der Waals surface area contributed by atoms with Gasteiger partial charge in [0.05, 0.1) is 19.6 Å². The molecule has 0 bridgehead atoms. The van der Waals surface area contributed by atoms with E-state index in [2.05, 4.69) is 0 Å². The van der Waals surface area contributed by atoms with Crippen molar-refractivity contribution >= 4 is 29.8 Å². The molecular formula is C32H55N3O10. The fourth-order valence-electron chi connectivity index (χ4n) is 5.61. The third kappa shape index (κ3) is 13.2. The van der Waals surface area contributed by atoms with Crippen molar-refractivity contribution in [1.29, 1.82) is 0 Å². The summed E-state index contributed by atoms with van der Waals surface area (Å²) in [6.07, 6.45) is 0.398. The first-order valence-electron chi connectivity index (χ1n) is 15.6. The second-order valence-corrected chi connectivity index (χ2v) is 16.0. The average molecular weight is 642 g/mol. The Morgan fingerprint density at radius 2 is 0.911 bits per heavy atom. The zero-order valence-electron chi connectivity index (χ0n) is 29.2. The van der Waals surface area contributed by atoms with Crippen molar-refractivity contribution in [2.45, 2.75) is 142 Å². The largest absolute Gasteiger partial charge is 0.480 e. The molecule has 2 heterocycles. The number of aliphatic carboxylic acids is 1. The molecule has 258 valence electrons. The van der Waals surface area contributed by atoms with E-state index >= 15 is 0 Å². The van der Waals surface area contributed by atoms with Gasteiger partial charge in [0.25, 0.3) is 0 Å². The minimum atomic E-state index is -1.09. The number of hydrogen-bond acceptors (Lipinski definition) is 12. The van der Waals surface area contributed by atoms with Crippen LogP contribution in [0.4, 0.5) is 0 Å². The molecule has 2 aliphatic rings. The van der Waals surface area contributed by atoms with Gasteiger partial charge < -0.3 is 24.1 Å². The molecule has 0 amide bonds. The second-order valence-electron chi connectivity index (χ2n) is 16.0. The van der Waals surface area contributed by atoms with Gasteiger partial charge in [0.2, 0.25) is 0 Å². The van der Waals surface area contributed by atoms with Gasteiger partial charge in [-0.3, -0.25) is 38.7 Å². The maximum atomic E-state index is 13.3. The topological polar surface area (TPSA) is 152 Å². The third-order valence-electron chi connectivity index (χ3n) is 6.88. The highest BCUT2D eigenvalue weighted by atomic mass is 16.6. The first-order chi connectivity index (χ1) is 20.2. The van der Waals surface area contributed by atoms with E-state index < -0.39 is 76.4 Å². The molecule has 4 atom stereocenters. The molecule has 1 N–H and O–H groups in total. The fourth-order valence-corrected chi connectivity index (χ4v) is 5.61. The van der Waals surface area contributed by atoms with Gasteiger partial charge >= 0.3 is 29.8 Å². The van der Waals surface area contributed by atoms with Crippen LogP contribution >= 0.6 is 0 Å². The molecule has 0 spiro atoms. The molecule has 0 saturated carbocycles. The summed E-state index contributed by atoms with van der Waals surface area (Å²) < 4.78 is 22.4. The molecule has 13 nitrogen and oxygen atoms in total. The molecule has 0 unspecified atom stereocenters.